The van der Waals surface area contributed by atoms with E-state index in [2.05, 4.69) is 17.4 Å². The van der Waals surface area contributed by atoms with Crippen LogP contribution in [0, 0.1) is 5.92 Å². The highest BCUT2D eigenvalue weighted by atomic mass is 16.5. The molecule has 0 radical (unpaired) electrons. The van der Waals surface area contributed by atoms with Gasteiger partial charge in [0, 0.05) is 12.6 Å². The van der Waals surface area contributed by atoms with Gasteiger partial charge >= 0.3 is 12.0 Å². The van der Waals surface area contributed by atoms with Crippen molar-refractivity contribution in [1.29, 1.82) is 0 Å². The molecule has 2 N–H and O–H groups in total. The van der Waals surface area contributed by atoms with Crippen molar-refractivity contribution >= 4 is 17.8 Å². The molecule has 0 heterocycles. The summed E-state index contributed by atoms with van der Waals surface area (Å²) in [6.07, 6.45) is 3.80. The number of nitrogens with one attached hydrogen (secondary N) is 1. The van der Waals surface area contributed by atoms with E-state index in [1.165, 1.54) is 12.5 Å². The fourth-order valence-corrected chi connectivity index (χ4v) is 4.85. The summed E-state index contributed by atoms with van der Waals surface area (Å²) in [7, 11) is 0. The number of unbranched alkanes of at least 4 members (excludes halogenated alkanes) is 1. The summed E-state index contributed by atoms with van der Waals surface area (Å²) in [6, 6.07) is 12.8. The molecule has 0 bridgehead atoms. The van der Waals surface area contributed by atoms with Crippen LogP contribution in [0.5, 0.6) is 11.5 Å². The Kier molecular flexibility index (Phi) is 10.6. The number of carboxylic acid groups (broad SMARTS) is 1. The van der Waals surface area contributed by atoms with Crippen LogP contribution < -0.4 is 14.8 Å². The molecule has 8 nitrogen and oxygen atoms in total. The van der Waals surface area contributed by atoms with Crippen molar-refractivity contribution in [3.8, 4) is 11.5 Å². The van der Waals surface area contributed by atoms with Crippen molar-refractivity contribution in [3.05, 3.63) is 59.2 Å². The Balaban J connectivity index is 1.85. The molecule has 1 fully saturated rings. The number of hydrogen-bond acceptors (Lipinski definition) is 5. The Labute approximate surface area is 225 Å². The summed E-state index contributed by atoms with van der Waals surface area (Å²) in [4.78, 5) is 39.2. The Morgan fingerprint density at radius 3 is 2.16 bits per heavy atom. The highest BCUT2D eigenvalue weighted by Crippen LogP contribution is 2.36. The maximum absolute atomic E-state index is 13.5. The lowest BCUT2D eigenvalue weighted by Crippen LogP contribution is -2.54. The fourth-order valence-electron chi connectivity index (χ4n) is 4.85. The molecule has 3 atom stereocenters. The number of urea groups is 1. The smallest absolute Gasteiger partial charge is 0.318 e. The molecule has 2 aromatic rings. The van der Waals surface area contributed by atoms with Crippen molar-refractivity contribution in [1.82, 2.24) is 10.2 Å². The zero-order valence-corrected chi connectivity index (χ0v) is 22.9. The number of amides is 2. The highest BCUT2D eigenvalue weighted by molar-refractivity contribution is 5.99. The van der Waals surface area contributed by atoms with E-state index in [4.69, 9.17) is 9.47 Å². The lowest BCUT2D eigenvalue weighted by molar-refractivity contribution is -0.145. The van der Waals surface area contributed by atoms with Gasteiger partial charge in [0.05, 0.1) is 25.2 Å². The topological polar surface area (TPSA) is 105 Å². The molecular formula is C30H40N2O6. The number of ketones is 1. The molecule has 2 amide bonds. The van der Waals surface area contributed by atoms with Crippen LogP contribution in [0.4, 0.5) is 4.79 Å². The van der Waals surface area contributed by atoms with Gasteiger partial charge in [-0.05, 0) is 83.1 Å². The molecule has 206 valence electrons. The van der Waals surface area contributed by atoms with Crippen molar-refractivity contribution in [2.24, 2.45) is 5.92 Å². The number of carboxylic acids is 1. The minimum atomic E-state index is -0.883. The first-order valence-electron chi connectivity index (χ1n) is 13.5. The van der Waals surface area contributed by atoms with E-state index in [1.54, 1.807) is 17.0 Å². The molecule has 1 aliphatic rings. The van der Waals surface area contributed by atoms with Crippen LogP contribution in [0.25, 0.3) is 0 Å². The number of rotatable bonds is 14. The van der Waals surface area contributed by atoms with E-state index in [-0.39, 0.29) is 23.9 Å². The number of nitrogens with zero attached hydrogens (tertiary/aromatic N) is 1. The standard InChI is InChI=1S/C30H40N2O6/c1-5-37-26-18-23(19-27(38-6-2)28(26)21(4)33)20(3)32(17-11-10-14-22-12-8-7-9-13-22)30(36)31-25-16-15-24(25)29(34)35/h7-9,12-13,18-20,24-25H,5-6,10-11,14-17H2,1-4H3,(H,31,36)(H,34,35). The minimum absolute atomic E-state index is 0.156. The monoisotopic (exact) mass is 524 g/mol. The van der Waals surface area contributed by atoms with Gasteiger partial charge in [-0.15, -0.1) is 0 Å². The molecule has 0 aliphatic heterocycles. The number of carbonyl (C=O) groups excluding carboxylic acids is 2. The summed E-state index contributed by atoms with van der Waals surface area (Å²) in [6.45, 7) is 8.37. The van der Waals surface area contributed by atoms with Crippen LogP contribution in [0.3, 0.4) is 0 Å². The Bertz CT molecular complexity index is 1080. The molecule has 2 aromatic carbocycles. The molecule has 0 aromatic heterocycles. The lowest BCUT2D eigenvalue weighted by Gasteiger charge is -2.37. The van der Waals surface area contributed by atoms with Crippen molar-refractivity contribution in [3.63, 3.8) is 0 Å². The molecule has 0 saturated heterocycles. The summed E-state index contributed by atoms with van der Waals surface area (Å²) in [5, 5.41) is 12.4. The molecule has 1 saturated carbocycles. The number of carbonyl (C=O) groups is 3. The van der Waals surface area contributed by atoms with Gasteiger partial charge in [0.2, 0.25) is 0 Å². The number of hydrogen-bond donors (Lipinski definition) is 2. The molecule has 3 unspecified atom stereocenters. The van der Waals surface area contributed by atoms with Gasteiger partial charge in [0.15, 0.2) is 5.78 Å². The van der Waals surface area contributed by atoms with E-state index in [0.29, 0.717) is 49.7 Å². The third-order valence-electron chi connectivity index (χ3n) is 7.11. The SMILES string of the molecule is CCOc1cc(C(C)N(CCCCc2ccccc2)C(=O)NC2CCC2C(=O)O)cc(OCC)c1C(C)=O. The third-order valence-corrected chi connectivity index (χ3v) is 7.11. The van der Waals surface area contributed by atoms with Crippen molar-refractivity contribution < 1.29 is 29.0 Å². The molecule has 38 heavy (non-hydrogen) atoms. The number of ether oxygens (including phenoxy) is 2. The number of aliphatic carboxylic acids is 1. The predicted octanol–water partition coefficient (Wildman–Crippen LogP) is 5.65. The molecule has 8 heteroatoms. The van der Waals surface area contributed by atoms with Crippen molar-refractivity contribution in [2.75, 3.05) is 19.8 Å². The van der Waals surface area contributed by atoms with Gasteiger partial charge in [0.25, 0.3) is 0 Å². The minimum Gasteiger partial charge on any atom is -0.493 e. The first kappa shape index (κ1) is 29.0. The maximum atomic E-state index is 13.5. The second-order valence-electron chi connectivity index (χ2n) is 9.70. The van der Waals surface area contributed by atoms with Crippen molar-refractivity contribution in [2.45, 2.75) is 71.9 Å². The van der Waals surface area contributed by atoms with Crippen LogP contribution in [-0.2, 0) is 11.2 Å². The number of Topliss-reactive ketones (excluding diaryl/α,β-unsaturated/α-hetero) is 1. The van der Waals surface area contributed by atoms with Crippen LogP contribution in [0.2, 0.25) is 0 Å². The summed E-state index contributed by atoms with van der Waals surface area (Å²) in [5.41, 5.74) is 2.42. The molecular weight excluding hydrogens is 484 g/mol. The highest BCUT2D eigenvalue weighted by Gasteiger charge is 2.38. The van der Waals surface area contributed by atoms with Gasteiger partial charge in [0.1, 0.15) is 17.1 Å². The quantitative estimate of drug-likeness (QED) is 0.245. The zero-order valence-electron chi connectivity index (χ0n) is 22.9. The first-order valence-corrected chi connectivity index (χ1v) is 13.5. The normalized spacial score (nSPS) is 17.2. The Hall–Kier alpha value is -3.55. The Morgan fingerprint density at radius 2 is 1.66 bits per heavy atom. The second kappa shape index (κ2) is 13.8. The van der Waals surface area contributed by atoms with E-state index in [1.807, 2.05) is 39.0 Å². The average molecular weight is 525 g/mol. The van der Waals surface area contributed by atoms with Crippen LogP contribution >= 0.6 is 0 Å². The van der Waals surface area contributed by atoms with E-state index < -0.39 is 11.9 Å². The third kappa shape index (κ3) is 7.27. The van der Waals surface area contributed by atoms with Gasteiger partial charge in [-0.3, -0.25) is 9.59 Å². The number of aryl methyl sites for hydroxylation is 1. The van der Waals surface area contributed by atoms with Gasteiger partial charge in [-0.1, -0.05) is 30.3 Å². The molecule has 0 spiro atoms. The molecule has 1 aliphatic carbocycles. The van der Waals surface area contributed by atoms with E-state index >= 15 is 0 Å². The maximum Gasteiger partial charge on any atom is 0.318 e. The fraction of sp³-hybridized carbons (Fsp3) is 0.500. The van der Waals surface area contributed by atoms with Crippen LogP contribution in [0.1, 0.15) is 80.9 Å². The molecule has 3 rings (SSSR count). The second-order valence-corrected chi connectivity index (χ2v) is 9.70. The zero-order chi connectivity index (χ0) is 27.7. The van der Waals surface area contributed by atoms with Gasteiger partial charge in [-0.25, -0.2) is 4.79 Å². The van der Waals surface area contributed by atoms with Gasteiger partial charge in [-0.2, -0.15) is 0 Å². The first-order chi connectivity index (χ1) is 18.3. The van der Waals surface area contributed by atoms with E-state index in [0.717, 1.165) is 24.8 Å². The number of benzene rings is 2. The summed E-state index contributed by atoms with van der Waals surface area (Å²) < 4.78 is 11.6. The van der Waals surface area contributed by atoms with Crippen LogP contribution in [-0.4, -0.2) is 53.6 Å². The Morgan fingerprint density at radius 1 is 1.03 bits per heavy atom. The lowest BCUT2D eigenvalue weighted by atomic mass is 9.80. The van der Waals surface area contributed by atoms with Gasteiger partial charge < -0.3 is 24.8 Å². The summed E-state index contributed by atoms with van der Waals surface area (Å²) in [5.74, 6) is -0.731. The van der Waals surface area contributed by atoms with E-state index in [9.17, 15) is 19.5 Å². The predicted molar refractivity (Wildman–Crippen MR) is 146 cm³/mol. The van der Waals surface area contributed by atoms with Crippen LogP contribution in [0.15, 0.2) is 42.5 Å². The average Bonchev–Trinajstić information content (AvgIpc) is 2.86. The summed E-state index contributed by atoms with van der Waals surface area (Å²) >= 11 is 0. The largest absolute Gasteiger partial charge is 0.493 e.